The summed E-state index contributed by atoms with van der Waals surface area (Å²) in [6.07, 6.45) is 7.17. The van der Waals surface area contributed by atoms with E-state index >= 15 is 0 Å². The molecule has 4 aliphatic rings. The largest absolute Gasteiger partial charge is 0.309 e. The van der Waals surface area contributed by atoms with Crippen molar-refractivity contribution in [3.8, 4) is 0 Å². The highest BCUT2D eigenvalue weighted by Gasteiger charge is 2.38. The van der Waals surface area contributed by atoms with Gasteiger partial charge in [0, 0.05) is 18.6 Å². The van der Waals surface area contributed by atoms with Crippen LogP contribution in [0.2, 0.25) is 0 Å². The van der Waals surface area contributed by atoms with Gasteiger partial charge < -0.3 is 10.2 Å². The van der Waals surface area contributed by atoms with E-state index in [4.69, 9.17) is 0 Å². The molecule has 19 heavy (non-hydrogen) atoms. The van der Waals surface area contributed by atoms with Crippen molar-refractivity contribution in [1.29, 1.82) is 0 Å². The van der Waals surface area contributed by atoms with Gasteiger partial charge in [-0.3, -0.25) is 0 Å². The molecule has 4 atom stereocenters. The average molecular weight is 264 g/mol. The fourth-order valence-electron chi connectivity index (χ4n) is 4.82. The fourth-order valence-corrected chi connectivity index (χ4v) is 4.82. The first-order chi connectivity index (χ1) is 9.13. The molecule has 2 heteroatoms. The van der Waals surface area contributed by atoms with E-state index in [0.29, 0.717) is 0 Å². The molecule has 1 aliphatic carbocycles. The zero-order chi connectivity index (χ0) is 13.4. The summed E-state index contributed by atoms with van der Waals surface area (Å²) in [6, 6.07) is 1.58. The Bertz CT molecular complexity index is 294. The third-order valence-electron chi connectivity index (χ3n) is 6.11. The van der Waals surface area contributed by atoms with Crippen molar-refractivity contribution in [2.24, 2.45) is 23.7 Å². The molecule has 3 heterocycles. The Hall–Kier alpha value is -0.0800. The summed E-state index contributed by atoms with van der Waals surface area (Å²) in [6.45, 7) is 11.3. The van der Waals surface area contributed by atoms with E-state index in [1.165, 1.54) is 51.7 Å². The Morgan fingerprint density at radius 1 is 1.00 bits per heavy atom. The maximum atomic E-state index is 4.11. The minimum atomic E-state index is 0.786. The second-order valence-corrected chi connectivity index (χ2v) is 7.84. The van der Waals surface area contributed by atoms with Crippen LogP contribution in [0.5, 0.6) is 0 Å². The highest BCUT2D eigenvalue weighted by Crippen LogP contribution is 2.35. The first-order valence-corrected chi connectivity index (χ1v) is 8.62. The van der Waals surface area contributed by atoms with E-state index in [2.05, 4.69) is 31.0 Å². The predicted octanol–water partition coefficient (Wildman–Crippen LogP) is 3.13. The van der Waals surface area contributed by atoms with Crippen molar-refractivity contribution in [3.63, 3.8) is 0 Å². The maximum Gasteiger partial charge on any atom is 0.0226 e. The molecule has 4 rings (SSSR count). The van der Waals surface area contributed by atoms with Crippen LogP contribution in [-0.4, -0.2) is 36.6 Å². The smallest absolute Gasteiger partial charge is 0.0226 e. The summed E-state index contributed by atoms with van der Waals surface area (Å²) in [7, 11) is 0. The quantitative estimate of drug-likeness (QED) is 0.842. The van der Waals surface area contributed by atoms with Crippen LogP contribution in [0.25, 0.3) is 0 Å². The Morgan fingerprint density at radius 3 is 2.32 bits per heavy atom. The van der Waals surface area contributed by atoms with Gasteiger partial charge in [0.25, 0.3) is 0 Å². The van der Waals surface area contributed by atoms with E-state index in [1.54, 1.807) is 0 Å². The second kappa shape index (κ2) is 5.73. The molecule has 110 valence electrons. The molecule has 0 radical (unpaired) electrons. The normalized spacial score (nSPS) is 46.7. The lowest BCUT2D eigenvalue weighted by Gasteiger charge is -2.48. The first-order valence-electron chi connectivity index (χ1n) is 8.62. The summed E-state index contributed by atoms with van der Waals surface area (Å²) in [5, 5.41) is 4.11. The highest BCUT2D eigenvalue weighted by molar-refractivity contribution is 4.95. The lowest BCUT2D eigenvalue weighted by Crippen LogP contribution is -2.60. The number of hydrogen-bond acceptors (Lipinski definition) is 2. The summed E-state index contributed by atoms with van der Waals surface area (Å²) in [5.74, 6) is 3.64. The number of rotatable bonds is 3. The monoisotopic (exact) mass is 264 g/mol. The van der Waals surface area contributed by atoms with Gasteiger partial charge in [-0.2, -0.15) is 0 Å². The van der Waals surface area contributed by atoms with Gasteiger partial charge in [-0.1, -0.05) is 27.2 Å². The van der Waals surface area contributed by atoms with Crippen LogP contribution in [-0.2, 0) is 0 Å². The Labute approximate surface area is 119 Å². The van der Waals surface area contributed by atoms with Gasteiger partial charge in [-0.25, -0.2) is 0 Å². The molecule has 0 aromatic heterocycles. The molecule has 3 saturated heterocycles. The molecule has 4 unspecified atom stereocenters. The Kier molecular flexibility index (Phi) is 4.19. The molecule has 0 amide bonds. The van der Waals surface area contributed by atoms with Gasteiger partial charge in [0.15, 0.2) is 0 Å². The summed E-state index contributed by atoms with van der Waals surface area (Å²) < 4.78 is 0. The van der Waals surface area contributed by atoms with E-state index < -0.39 is 0 Å². The van der Waals surface area contributed by atoms with Crippen molar-refractivity contribution >= 4 is 0 Å². The third-order valence-corrected chi connectivity index (χ3v) is 6.11. The SMILES string of the molecule is CC1CCC(C(C)C)C(NC2CN3CCC2CC3)C1. The van der Waals surface area contributed by atoms with Gasteiger partial charge >= 0.3 is 0 Å². The van der Waals surface area contributed by atoms with Crippen LogP contribution in [0.3, 0.4) is 0 Å². The third kappa shape index (κ3) is 3.00. The lowest BCUT2D eigenvalue weighted by molar-refractivity contribution is 0.0496. The minimum absolute atomic E-state index is 0.786. The molecule has 1 saturated carbocycles. The molecular formula is C17H32N2. The van der Waals surface area contributed by atoms with Gasteiger partial charge in [0.2, 0.25) is 0 Å². The van der Waals surface area contributed by atoms with Gasteiger partial charge in [-0.05, 0) is 62.4 Å². The minimum Gasteiger partial charge on any atom is -0.309 e. The predicted molar refractivity (Wildman–Crippen MR) is 81.2 cm³/mol. The highest BCUT2D eigenvalue weighted by atomic mass is 15.2. The topological polar surface area (TPSA) is 15.3 Å². The summed E-state index contributed by atoms with van der Waals surface area (Å²) in [5.41, 5.74) is 0. The van der Waals surface area contributed by atoms with Gasteiger partial charge in [-0.15, -0.1) is 0 Å². The van der Waals surface area contributed by atoms with E-state index in [9.17, 15) is 0 Å². The van der Waals surface area contributed by atoms with Crippen molar-refractivity contribution in [2.45, 2.75) is 65.0 Å². The van der Waals surface area contributed by atoms with Crippen LogP contribution in [0.1, 0.15) is 52.9 Å². The molecule has 2 nitrogen and oxygen atoms in total. The molecule has 4 fully saturated rings. The van der Waals surface area contributed by atoms with Gasteiger partial charge in [0.1, 0.15) is 0 Å². The first kappa shape index (κ1) is 13.9. The average Bonchev–Trinajstić information content (AvgIpc) is 2.40. The van der Waals surface area contributed by atoms with Crippen molar-refractivity contribution in [3.05, 3.63) is 0 Å². The zero-order valence-corrected chi connectivity index (χ0v) is 13.1. The van der Waals surface area contributed by atoms with Crippen molar-refractivity contribution < 1.29 is 0 Å². The molecule has 2 bridgehead atoms. The Morgan fingerprint density at radius 2 is 1.74 bits per heavy atom. The van der Waals surface area contributed by atoms with Crippen LogP contribution < -0.4 is 5.32 Å². The van der Waals surface area contributed by atoms with Crippen LogP contribution in [0.15, 0.2) is 0 Å². The molecule has 0 aromatic carbocycles. The summed E-state index contributed by atoms with van der Waals surface area (Å²) >= 11 is 0. The van der Waals surface area contributed by atoms with E-state index in [1.807, 2.05) is 0 Å². The standard InChI is InChI=1S/C17H32N2/c1-12(2)15-5-4-13(3)10-16(15)18-17-11-19-8-6-14(17)7-9-19/h12-18H,4-11H2,1-3H3. The number of piperidine rings is 3. The molecule has 3 aliphatic heterocycles. The molecule has 1 N–H and O–H groups in total. The van der Waals surface area contributed by atoms with Crippen LogP contribution in [0.4, 0.5) is 0 Å². The molecular weight excluding hydrogens is 232 g/mol. The van der Waals surface area contributed by atoms with E-state index in [0.717, 1.165) is 35.8 Å². The maximum absolute atomic E-state index is 4.11. The van der Waals surface area contributed by atoms with Crippen molar-refractivity contribution in [2.75, 3.05) is 19.6 Å². The van der Waals surface area contributed by atoms with E-state index in [-0.39, 0.29) is 0 Å². The number of nitrogens with one attached hydrogen (secondary N) is 1. The summed E-state index contributed by atoms with van der Waals surface area (Å²) in [4.78, 5) is 2.67. The fraction of sp³-hybridized carbons (Fsp3) is 1.00. The Balaban J connectivity index is 1.63. The van der Waals surface area contributed by atoms with Crippen molar-refractivity contribution in [1.82, 2.24) is 10.2 Å². The molecule has 0 spiro atoms. The number of hydrogen-bond donors (Lipinski definition) is 1. The van der Waals surface area contributed by atoms with Gasteiger partial charge in [0.05, 0.1) is 0 Å². The molecule has 0 aromatic rings. The number of fused-ring (bicyclic) bond motifs is 3. The zero-order valence-electron chi connectivity index (χ0n) is 13.1. The van der Waals surface area contributed by atoms with Crippen LogP contribution >= 0.6 is 0 Å². The number of nitrogens with zero attached hydrogens (tertiary/aromatic N) is 1. The second-order valence-electron chi connectivity index (χ2n) is 7.84. The lowest BCUT2D eigenvalue weighted by atomic mass is 9.73. The van der Waals surface area contributed by atoms with Crippen LogP contribution in [0, 0.1) is 23.7 Å².